The summed E-state index contributed by atoms with van der Waals surface area (Å²) in [6.07, 6.45) is 3.35. The fourth-order valence-corrected chi connectivity index (χ4v) is 1.99. The van der Waals surface area contributed by atoms with E-state index >= 15 is 0 Å². The van der Waals surface area contributed by atoms with Crippen LogP contribution in [-0.4, -0.2) is 27.6 Å². The van der Waals surface area contributed by atoms with Crippen LogP contribution in [0.15, 0.2) is 0 Å². The maximum Gasteiger partial charge on any atom is 0.360 e. The molecule has 1 heterocycles. The number of nitrogens with zero attached hydrogens (tertiary/aromatic N) is 3. The molecule has 5 nitrogen and oxygen atoms in total. The summed E-state index contributed by atoms with van der Waals surface area (Å²) in [4.78, 5) is 11.8. The molecule has 1 atom stereocenters. The van der Waals surface area contributed by atoms with Crippen molar-refractivity contribution < 1.29 is 9.53 Å². The smallest absolute Gasteiger partial charge is 0.360 e. The fraction of sp³-hybridized carbons (Fsp3) is 0.769. The number of hydrogen-bond acceptors (Lipinski definition) is 4. The predicted octanol–water partition coefficient (Wildman–Crippen LogP) is 2.38. The molecule has 5 heteroatoms. The van der Waals surface area contributed by atoms with E-state index in [1.54, 1.807) is 6.92 Å². The minimum atomic E-state index is -0.338. The summed E-state index contributed by atoms with van der Waals surface area (Å²) >= 11 is 0. The van der Waals surface area contributed by atoms with Gasteiger partial charge in [-0.1, -0.05) is 25.5 Å². The monoisotopic (exact) mass is 251 g/mol. The van der Waals surface area contributed by atoms with Crippen molar-refractivity contribution in [1.82, 2.24) is 15.0 Å². The van der Waals surface area contributed by atoms with E-state index in [0.717, 1.165) is 31.5 Å². The van der Waals surface area contributed by atoms with Crippen molar-refractivity contribution in [3.8, 4) is 0 Å². The van der Waals surface area contributed by atoms with Gasteiger partial charge in [0.1, 0.15) is 0 Å². The van der Waals surface area contributed by atoms with Gasteiger partial charge in [-0.25, -0.2) is 9.48 Å². The highest BCUT2D eigenvalue weighted by Crippen LogP contribution is 2.41. The zero-order valence-corrected chi connectivity index (χ0v) is 11.3. The summed E-state index contributed by atoms with van der Waals surface area (Å²) in [5, 5.41) is 8.16. The Morgan fingerprint density at radius 3 is 2.78 bits per heavy atom. The van der Waals surface area contributed by atoms with Gasteiger partial charge in [-0.15, -0.1) is 5.10 Å². The van der Waals surface area contributed by atoms with Crippen molar-refractivity contribution in [2.45, 2.75) is 52.5 Å². The molecule has 0 N–H and O–H groups in total. The first-order chi connectivity index (χ1) is 8.67. The Morgan fingerprint density at radius 2 is 2.22 bits per heavy atom. The second kappa shape index (κ2) is 5.50. The van der Waals surface area contributed by atoms with Crippen LogP contribution in [0.4, 0.5) is 0 Å². The Kier molecular flexibility index (Phi) is 3.99. The third kappa shape index (κ3) is 2.71. The van der Waals surface area contributed by atoms with Crippen LogP contribution in [0.2, 0.25) is 0 Å². The number of carbonyl (C=O) groups excluding carboxylic acids is 1. The first-order valence-electron chi connectivity index (χ1n) is 6.77. The van der Waals surface area contributed by atoms with E-state index in [4.69, 9.17) is 4.74 Å². The summed E-state index contributed by atoms with van der Waals surface area (Å²) in [5.74, 6) is 0.650. The van der Waals surface area contributed by atoms with Crippen LogP contribution in [0.1, 0.15) is 62.1 Å². The van der Waals surface area contributed by atoms with Gasteiger partial charge in [-0.2, -0.15) is 0 Å². The molecule has 1 aliphatic carbocycles. The standard InChI is InChI=1S/C13H21N3O2/c1-4-9(3)8-16-12(10-6-7-10)11(14-15-16)13(17)18-5-2/h9-10H,4-8H2,1-3H3. The van der Waals surface area contributed by atoms with Gasteiger partial charge in [0.05, 0.1) is 12.3 Å². The van der Waals surface area contributed by atoms with Crippen LogP contribution < -0.4 is 0 Å². The van der Waals surface area contributed by atoms with E-state index in [1.165, 1.54) is 0 Å². The quantitative estimate of drug-likeness (QED) is 0.728. The second-order valence-corrected chi connectivity index (χ2v) is 5.01. The van der Waals surface area contributed by atoms with Gasteiger partial charge >= 0.3 is 5.97 Å². The van der Waals surface area contributed by atoms with Gasteiger partial charge in [0.15, 0.2) is 5.69 Å². The first kappa shape index (κ1) is 13.1. The summed E-state index contributed by atoms with van der Waals surface area (Å²) < 4.78 is 6.94. The molecule has 0 aromatic carbocycles. The minimum absolute atomic E-state index is 0.338. The Bertz CT molecular complexity index is 424. The van der Waals surface area contributed by atoms with E-state index in [1.807, 2.05) is 4.68 Å². The van der Waals surface area contributed by atoms with Crippen molar-refractivity contribution in [3.63, 3.8) is 0 Å². The third-order valence-corrected chi connectivity index (χ3v) is 3.39. The fourth-order valence-electron chi connectivity index (χ4n) is 1.99. The zero-order valence-electron chi connectivity index (χ0n) is 11.3. The minimum Gasteiger partial charge on any atom is -0.461 e. The lowest BCUT2D eigenvalue weighted by Gasteiger charge is -2.11. The average Bonchev–Trinajstić information content (AvgIpc) is 3.11. The van der Waals surface area contributed by atoms with Crippen LogP contribution in [0.5, 0.6) is 0 Å². The highest BCUT2D eigenvalue weighted by atomic mass is 16.5. The molecule has 100 valence electrons. The van der Waals surface area contributed by atoms with Crippen LogP contribution in [0.25, 0.3) is 0 Å². The summed E-state index contributed by atoms with van der Waals surface area (Å²) in [6, 6.07) is 0. The molecular weight excluding hydrogens is 230 g/mol. The summed E-state index contributed by atoms with van der Waals surface area (Å²) in [6.45, 7) is 7.35. The maximum atomic E-state index is 11.8. The van der Waals surface area contributed by atoms with E-state index in [-0.39, 0.29) is 5.97 Å². The van der Waals surface area contributed by atoms with Crippen molar-refractivity contribution >= 4 is 5.97 Å². The molecule has 0 spiro atoms. The molecular formula is C13H21N3O2. The number of hydrogen-bond donors (Lipinski definition) is 0. The lowest BCUT2D eigenvalue weighted by molar-refractivity contribution is 0.0518. The largest absolute Gasteiger partial charge is 0.461 e. The second-order valence-electron chi connectivity index (χ2n) is 5.01. The normalized spacial score (nSPS) is 16.6. The van der Waals surface area contributed by atoms with E-state index < -0.39 is 0 Å². The number of carbonyl (C=O) groups is 1. The van der Waals surface area contributed by atoms with E-state index in [9.17, 15) is 4.79 Å². The first-order valence-corrected chi connectivity index (χ1v) is 6.77. The molecule has 2 rings (SSSR count). The van der Waals surface area contributed by atoms with Crippen molar-refractivity contribution in [2.24, 2.45) is 5.92 Å². The molecule has 0 radical (unpaired) electrons. The molecule has 1 aromatic rings. The Morgan fingerprint density at radius 1 is 1.50 bits per heavy atom. The summed E-state index contributed by atoms with van der Waals surface area (Å²) in [7, 11) is 0. The van der Waals surface area contributed by atoms with E-state index in [0.29, 0.717) is 24.1 Å². The zero-order chi connectivity index (χ0) is 13.1. The highest BCUT2D eigenvalue weighted by Gasteiger charge is 2.34. The molecule has 1 saturated carbocycles. The third-order valence-electron chi connectivity index (χ3n) is 3.39. The maximum absolute atomic E-state index is 11.8. The van der Waals surface area contributed by atoms with Crippen molar-refractivity contribution in [1.29, 1.82) is 0 Å². The van der Waals surface area contributed by atoms with Gasteiger partial charge < -0.3 is 4.74 Å². The van der Waals surface area contributed by atoms with Crippen LogP contribution in [0.3, 0.4) is 0 Å². The molecule has 0 amide bonds. The topological polar surface area (TPSA) is 57.0 Å². The predicted molar refractivity (Wildman–Crippen MR) is 67.4 cm³/mol. The SMILES string of the molecule is CCOC(=O)c1nnn(CC(C)CC)c1C1CC1. The summed E-state index contributed by atoms with van der Waals surface area (Å²) in [5.41, 5.74) is 1.40. The molecule has 0 bridgehead atoms. The van der Waals surface area contributed by atoms with E-state index in [2.05, 4.69) is 24.2 Å². The lowest BCUT2D eigenvalue weighted by atomic mass is 10.1. The number of rotatable bonds is 6. The Balaban J connectivity index is 2.23. The molecule has 1 fully saturated rings. The molecule has 1 aromatic heterocycles. The number of esters is 1. The van der Waals surface area contributed by atoms with Gasteiger partial charge in [0.25, 0.3) is 0 Å². The highest BCUT2D eigenvalue weighted by molar-refractivity contribution is 5.88. The Labute approximate surface area is 108 Å². The van der Waals surface area contributed by atoms with Crippen LogP contribution >= 0.6 is 0 Å². The average molecular weight is 251 g/mol. The van der Waals surface area contributed by atoms with Crippen molar-refractivity contribution in [3.05, 3.63) is 11.4 Å². The molecule has 0 saturated heterocycles. The van der Waals surface area contributed by atoms with Gasteiger partial charge in [0, 0.05) is 12.5 Å². The molecule has 1 aliphatic rings. The molecule has 1 unspecified atom stereocenters. The Hall–Kier alpha value is -1.39. The van der Waals surface area contributed by atoms with Crippen LogP contribution in [0, 0.1) is 5.92 Å². The molecule has 18 heavy (non-hydrogen) atoms. The van der Waals surface area contributed by atoms with Crippen molar-refractivity contribution in [2.75, 3.05) is 6.61 Å². The van der Waals surface area contributed by atoms with Crippen LogP contribution in [-0.2, 0) is 11.3 Å². The number of ether oxygens (including phenoxy) is 1. The van der Waals surface area contributed by atoms with Gasteiger partial charge in [-0.05, 0) is 25.7 Å². The lowest BCUT2D eigenvalue weighted by Crippen LogP contribution is -2.13. The van der Waals surface area contributed by atoms with Gasteiger partial charge in [0.2, 0.25) is 0 Å². The number of aromatic nitrogens is 3. The van der Waals surface area contributed by atoms with Gasteiger partial charge in [-0.3, -0.25) is 0 Å². The molecule has 0 aliphatic heterocycles.